The van der Waals surface area contributed by atoms with Gasteiger partial charge in [0.25, 0.3) is 0 Å². The van der Waals surface area contributed by atoms with Crippen LogP contribution in [0.15, 0.2) is 78.9 Å². The lowest BCUT2D eigenvalue weighted by Crippen LogP contribution is -3.61. The first-order chi connectivity index (χ1) is 11.2. The van der Waals surface area contributed by atoms with Gasteiger partial charge in [-0.15, -0.1) is 0 Å². The lowest BCUT2D eigenvalue weighted by Gasteiger charge is -2.04. The van der Waals surface area contributed by atoms with E-state index in [2.05, 4.69) is 24.3 Å². The Kier molecular flexibility index (Phi) is 5.08. The molecule has 0 aliphatic rings. The molecule has 0 saturated carbocycles. The number of esters is 1. The maximum Gasteiger partial charge on any atom is 0.357 e. The van der Waals surface area contributed by atoms with E-state index in [-0.39, 0.29) is 27.2 Å². The van der Waals surface area contributed by atoms with E-state index in [0.29, 0.717) is 11.3 Å². The van der Waals surface area contributed by atoms with Gasteiger partial charge in [0.1, 0.15) is 5.75 Å². The number of halogens is 1. The standard InChI is InChI=1S/C20H16IO2/c1-15-7-9-16(10-8-15)20(22)23-19-13-11-18(12-14-19)21-17-5-3-2-4-6-17/h2-14H,1H3/q+1. The predicted molar refractivity (Wildman–Crippen MR) is 86.4 cm³/mol. The van der Waals surface area contributed by atoms with Crippen LogP contribution in [0.2, 0.25) is 0 Å². The molecular formula is C20H16IO2+. The van der Waals surface area contributed by atoms with Crippen LogP contribution in [0.1, 0.15) is 15.9 Å². The van der Waals surface area contributed by atoms with Gasteiger partial charge in [-0.2, -0.15) is 0 Å². The van der Waals surface area contributed by atoms with Gasteiger partial charge < -0.3 is 4.74 Å². The smallest absolute Gasteiger partial charge is 0.357 e. The predicted octanol–water partition coefficient (Wildman–Crippen LogP) is 1.34. The van der Waals surface area contributed by atoms with Gasteiger partial charge in [0.15, 0.2) is 7.14 Å². The molecule has 3 aromatic carbocycles. The van der Waals surface area contributed by atoms with Crippen molar-refractivity contribution in [2.24, 2.45) is 0 Å². The fraction of sp³-hybridized carbons (Fsp3) is 0.0500. The zero-order valence-electron chi connectivity index (χ0n) is 12.7. The molecular weight excluding hydrogens is 399 g/mol. The minimum atomic E-state index is -0.324. The van der Waals surface area contributed by atoms with E-state index < -0.39 is 0 Å². The van der Waals surface area contributed by atoms with E-state index in [1.165, 1.54) is 7.14 Å². The van der Waals surface area contributed by atoms with E-state index in [1.54, 1.807) is 12.1 Å². The monoisotopic (exact) mass is 415 g/mol. The van der Waals surface area contributed by atoms with Crippen molar-refractivity contribution in [2.75, 3.05) is 0 Å². The molecule has 0 aromatic heterocycles. The highest BCUT2D eigenvalue weighted by atomic mass is 127. The van der Waals surface area contributed by atoms with Crippen molar-refractivity contribution in [1.82, 2.24) is 0 Å². The quantitative estimate of drug-likeness (QED) is 0.366. The summed E-state index contributed by atoms with van der Waals surface area (Å²) >= 11 is -0.194. The summed E-state index contributed by atoms with van der Waals surface area (Å²) in [4.78, 5) is 12.1. The molecule has 0 unspecified atom stereocenters. The summed E-state index contributed by atoms with van der Waals surface area (Å²) in [6.07, 6.45) is 0. The maximum absolute atomic E-state index is 12.1. The van der Waals surface area contributed by atoms with Crippen molar-refractivity contribution in [1.29, 1.82) is 0 Å². The largest absolute Gasteiger partial charge is 0.423 e. The fourth-order valence-electron chi connectivity index (χ4n) is 2.02. The zero-order valence-corrected chi connectivity index (χ0v) is 14.9. The Bertz CT molecular complexity index is 778. The molecule has 0 bridgehead atoms. The van der Waals surface area contributed by atoms with Crippen LogP contribution in [-0.4, -0.2) is 5.97 Å². The van der Waals surface area contributed by atoms with Crippen LogP contribution in [0.3, 0.4) is 0 Å². The van der Waals surface area contributed by atoms with E-state index in [9.17, 15) is 4.79 Å². The summed E-state index contributed by atoms with van der Waals surface area (Å²) in [6, 6.07) is 25.6. The SMILES string of the molecule is Cc1ccc(C(=O)Oc2ccc([I+]c3ccccc3)cc2)cc1. The van der Waals surface area contributed by atoms with E-state index in [4.69, 9.17) is 4.74 Å². The second kappa shape index (κ2) is 7.42. The Balaban J connectivity index is 1.65. The summed E-state index contributed by atoms with van der Waals surface area (Å²) in [6.45, 7) is 1.99. The van der Waals surface area contributed by atoms with Crippen molar-refractivity contribution in [2.45, 2.75) is 6.92 Å². The number of benzene rings is 3. The molecule has 0 aliphatic carbocycles. The van der Waals surface area contributed by atoms with Gasteiger partial charge >= 0.3 is 27.2 Å². The second-order valence-corrected chi connectivity index (χ2v) is 8.13. The lowest BCUT2D eigenvalue weighted by molar-refractivity contribution is -0.597. The second-order valence-electron chi connectivity index (χ2n) is 5.10. The van der Waals surface area contributed by atoms with Crippen molar-refractivity contribution in [3.8, 4) is 5.75 Å². The molecule has 0 N–H and O–H groups in total. The Hall–Kier alpha value is -2.14. The van der Waals surface area contributed by atoms with Gasteiger partial charge in [-0.05, 0) is 55.5 Å². The van der Waals surface area contributed by atoms with Crippen LogP contribution >= 0.6 is 0 Å². The molecule has 114 valence electrons. The van der Waals surface area contributed by atoms with E-state index in [0.717, 1.165) is 5.56 Å². The lowest BCUT2D eigenvalue weighted by atomic mass is 10.1. The fourth-order valence-corrected chi connectivity index (χ4v) is 4.24. The topological polar surface area (TPSA) is 26.3 Å². The Morgan fingerprint density at radius 3 is 2.04 bits per heavy atom. The summed E-state index contributed by atoms with van der Waals surface area (Å²) in [5, 5.41) is 0. The molecule has 3 heteroatoms. The first-order valence-electron chi connectivity index (χ1n) is 7.29. The molecule has 0 fully saturated rings. The molecule has 23 heavy (non-hydrogen) atoms. The third-order valence-corrected chi connectivity index (χ3v) is 5.95. The van der Waals surface area contributed by atoms with Crippen LogP contribution in [-0.2, 0) is 0 Å². The summed E-state index contributed by atoms with van der Waals surface area (Å²) < 4.78 is 8.09. The molecule has 0 radical (unpaired) electrons. The molecule has 0 amide bonds. The molecule has 0 atom stereocenters. The number of carbonyl (C=O) groups is 1. The van der Waals surface area contributed by atoms with Crippen LogP contribution < -0.4 is 25.9 Å². The normalized spacial score (nSPS) is 10.3. The highest BCUT2D eigenvalue weighted by molar-refractivity contribution is 5.91. The minimum Gasteiger partial charge on any atom is -0.423 e. The summed E-state index contributed by atoms with van der Waals surface area (Å²) in [7, 11) is 0. The zero-order chi connectivity index (χ0) is 16.1. The summed E-state index contributed by atoms with van der Waals surface area (Å²) in [5.74, 6) is 0.256. The van der Waals surface area contributed by atoms with Crippen LogP contribution in [0, 0.1) is 14.1 Å². The molecule has 2 nitrogen and oxygen atoms in total. The first-order valence-corrected chi connectivity index (χ1v) is 9.45. The van der Waals surface area contributed by atoms with Gasteiger partial charge in [-0.3, -0.25) is 0 Å². The number of ether oxygens (including phenoxy) is 1. The van der Waals surface area contributed by atoms with Gasteiger partial charge in [0, 0.05) is 0 Å². The number of rotatable bonds is 4. The molecule has 3 rings (SSSR count). The van der Waals surface area contributed by atoms with E-state index >= 15 is 0 Å². The molecule has 3 aromatic rings. The Morgan fingerprint density at radius 1 is 0.783 bits per heavy atom. The minimum absolute atomic E-state index is 0.194. The summed E-state index contributed by atoms with van der Waals surface area (Å²) in [5.41, 5.74) is 1.69. The average Bonchev–Trinajstić information content (AvgIpc) is 2.58. The van der Waals surface area contributed by atoms with Crippen molar-refractivity contribution < 1.29 is 30.7 Å². The number of aryl methyl sites for hydroxylation is 1. The number of hydrogen-bond donors (Lipinski definition) is 0. The van der Waals surface area contributed by atoms with Crippen LogP contribution in [0.5, 0.6) is 5.75 Å². The van der Waals surface area contributed by atoms with Gasteiger partial charge in [0.05, 0.1) is 5.56 Å². The number of hydrogen-bond acceptors (Lipinski definition) is 2. The molecule has 0 heterocycles. The molecule has 0 saturated heterocycles. The Morgan fingerprint density at radius 2 is 1.39 bits per heavy atom. The number of carbonyl (C=O) groups excluding carboxylic acids is 1. The third kappa shape index (κ3) is 4.42. The van der Waals surface area contributed by atoms with Gasteiger partial charge in [-0.25, -0.2) is 4.79 Å². The molecule has 0 spiro atoms. The highest BCUT2D eigenvalue weighted by Gasteiger charge is 2.15. The van der Waals surface area contributed by atoms with E-state index in [1.807, 2.05) is 49.4 Å². The third-order valence-electron chi connectivity index (χ3n) is 3.26. The Labute approximate surface area is 146 Å². The first kappa shape index (κ1) is 15.7. The average molecular weight is 415 g/mol. The molecule has 0 aliphatic heterocycles. The highest BCUT2D eigenvalue weighted by Crippen LogP contribution is 2.12. The van der Waals surface area contributed by atoms with Gasteiger partial charge in [-0.1, -0.05) is 35.9 Å². The maximum atomic E-state index is 12.1. The van der Waals surface area contributed by atoms with Crippen molar-refractivity contribution >= 4 is 5.97 Å². The van der Waals surface area contributed by atoms with Crippen molar-refractivity contribution in [3.05, 3.63) is 97.1 Å². The van der Waals surface area contributed by atoms with Crippen LogP contribution in [0.4, 0.5) is 0 Å². The van der Waals surface area contributed by atoms with Crippen molar-refractivity contribution in [3.63, 3.8) is 0 Å². The van der Waals surface area contributed by atoms with Gasteiger partial charge in [0.2, 0.25) is 0 Å². The van der Waals surface area contributed by atoms with Crippen LogP contribution in [0.25, 0.3) is 0 Å².